The third-order valence-corrected chi connectivity index (χ3v) is 1.68. The number of hydrogen-bond donors (Lipinski definition) is 1. The van der Waals surface area contributed by atoms with Crippen LogP contribution >= 0.6 is 0 Å². The molecule has 0 aliphatic carbocycles. The zero-order chi connectivity index (χ0) is 10.7. The fourth-order valence-electron chi connectivity index (χ4n) is 1.04. The standard InChI is InChI=1S/C8H7F2NO3/c1-14-6-5(3-12)4(7(9)10)2-11-8(6)13/h2-3,7H,1H3,(H,11,13). The lowest BCUT2D eigenvalue weighted by atomic mass is 10.1. The number of aromatic nitrogens is 1. The summed E-state index contributed by atoms with van der Waals surface area (Å²) >= 11 is 0. The van der Waals surface area contributed by atoms with E-state index in [2.05, 4.69) is 9.72 Å². The minimum atomic E-state index is -2.83. The molecule has 6 heteroatoms. The van der Waals surface area contributed by atoms with Gasteiger partial charge in [0.15, 0.2) is 12.0 Å². The number of ether oxygens (including phenoxy) is 1. The van der Waals surface area contributed by atoms with Gasteiger partial charge in [0, 0.05) is 11.8 Å². The van der Waals surface area contributed by atoms with Crippen molar-refractivity contribution in [2.45, 2.75) is 6.43 Å². The van der Waals surface area contributed by atoms with Crippen LogP contribution in [-0.4, -0.2) is 18.4 Å². The monoisotopic (exact) mass is 203 g/mol. The van der Waals surface area contributed by atoms with Gasteiger partial charge in [0.1, 0.15) is 0 Å². The van der Waals surface area contributed by atoms with Gasteiger partial charge in [0.05, 0.1) is 12.7 Å². The molecule has 0 radical (unpaired) electrons. The molecule has 76 valence electrons. The molecule has 0 spiro atoms. The molecule has 0 aromatic carbocycles. The molecule has 1 N–H and O–H groups in total. The molecule has 1 rings (SSSR count). The second kappa shape index (κ2) is 3.99. The zero-order valence-corrected chi connectivity index (χ0v) is 7.21. The van der Waals surface area contributed by atoms with Crippen LogP contribution in [0.1, 0.15) is 22.3 Å². The smallest absolute Gasteiger partial charge is 0.291 e. The highest BCUT2D eigenvalue weighted by Crippen LogP contribution is 2.24. The van der Waals surface area contributed by atoms with Crippen molar-refractivity contribution in [3.8, 4) is 5.75 Å². The molecule has 0 fully saturated rings. The van der Waals surface area contributed by atoms with Crippen LogP contribution in [0.2, 0.25) is 0 Å². The van der Waals surface area contributed by atoms with E-state index in [4.69, 9.17) is 0 Å². The Morgan fingerprint density at radius 3 is 2.64 bits per heavy atom. The van der Waals surface area contributed by atoms with Crippen molar-refractivity contribution in [1.29, 1.82) is 0 Å². The summed E-state index contributed by atoms with van der Waals surface area (Å²) in [5, 5.41) is 0. The van der Waals surface area contributed by atoms with Crippen LogP contribution in [-0.2, 0) is 0 Å². The fourth-order valence-corrected chi connectivity index (χ4v) is 1.04. The van der Waals surface area contributed by atoms with E-state index in [0.29, 0.717) is 0 Å². The van der Waals surface area contributed by atoms with Gasteiger partial charge in [-0.2, -0.15) is 0 Å². The molecular formula is C8H7F2NO3. The Morgan fingerprint density at radius 2 is 2.21 bits per heavy atom. The van der Waals surface area contributed by atoms with Gasteiger partial charge in [0.25, 0.3) is 12.0 Å². The van der Waals surface area contributed by atoms with Crippen molar-refractivity contribution in [3.05, 3.63) is 27.7 Å². The van der Waals surface area contributed by atoms with Crippen LogP contribution in [0.3, 0.4) is 0 Å². The summed E-state index contributed by atoms with van der Waals surface area (Å²) in [6.45, 7) is 0. The van der Waals surface area contributed by atoms with E-state index in [1.165, 1.54) is 0 Å². The van der Waals surface area contributed by atoms with E-state index in [-0.39, 0.29) is 6.29 Å². The van der Waals surface area contributed by atoms with Gasteiger partial charge in [0.2, 0.25) is 0 Å². The minimum Gasteiger partial charge on any atom is -0.491 e. The van der Waals surface area contributed by atoms with E-state index in [1.54, 1.807) is 0 Å². The average molecular weight is 203 g/mol. The first-order chi connectivity index (χ1) is 6.61. The molecule has 1 heterocycles. The molecule has 14 heavy (non-hydrogen) atoms. The summed E-state index contributed by atoms with van der Waals surface area (Å²) in [7, 11) is 1.13. The summed E-state index contributed by atoms with van der Waals surface area (Å²) in [5.41, 5.74) is -1.67. The van der Waals surface area contributed by atoms with Crippen LogP contribution in [0.5, 0.6) is 5.75 Å². The second-order valence-corrected chi connectivity index (χ2v) is 2.44. The number of rotatable bonds is 3. The highest BCUT2D eigenvalue weighted by Gasteiger charge is 2.18. The maximum absolute atomic E-state index is 12.3. The van der Waals surface area contributed by atoms with Crippen LogP contribution in [0.15, 0.2) is 11.0 Å². The summed E-state index contributed by atoms with van der Waals surface area (Å²) in [6, 6.07) is 0. The molecule has 0 atom stereocenters. The molecule has 0 amide bonds. The summed E-state index contributed by atoms with van der Waals surface area (Å²) in [4.78, 5) is 23.6. The second-order valence-electron chi connectivity index (χ2n) is 2.44. The Labute approximate surface area is 77.5 Å². The topological polar surface area (TPSA) is 59.2 Å². The van der Waals surface area contributed by atoms with E-state index >= 15 is 0 Å². The van der Waals surface area contributed by atoms with Gasteiger partial charge >= 0.3 is 0 Å². The van der Waals surface area contributed by atoms with Gasteiger partial charge in [-0.05, 0) is 0 Å². The lowest BCUT2D eigenvalue weighted by Crippen LogP contribution is -2.13. The summed E-state index contributed by atoms with van der Waals surface area (Å²) < 4.78 is 29.2. The van der Waals surface area contributed by atoms with Crippen molar-refractivity contribution < 1.29 is 18.3 Å². The molecule has 0 bridgehead atoms. The fraction of sp³-hybridized carbons (Fsp3) is 0.250. The largest absolute Gasteiger partial charge is 0.491 e. The third kappa shape index (κ3) is 1.63. The maximum Gasteiger partial charge on any atom is 0.291 e. The Balaban J connectivity index is 3.48. The molecule has 4 nitrogen and oxygen atoms in total. The predicted octanol–water partition coefficient (Wildman–Crippen LogP) is 1.13. The van der Waals surface area contributed by atoms with E-state index in [9.17, 15) is 18.4 Å². The average Bonchev–Trinajstić information content (AvgIpc) is 2.16. The van der Waals surface area contributed by atoms with Gasteiger partial charge in [-0.25, -0.2) is 8.78 Å². The van der Waals surface area contributed by atoms with Crippen molar-refractivity contribution in [2.75, 3.05) is 7.11 Å². The van der Waals surface area contributed by atoms with Crippen molar-refractivity contribution in [3.63, 3.8) is 0 Å². The van der Waals surface area contributed by atoms with Crippen molar-refractivity contribution in [2.24, 2.45) is 0 Å². The Kier molecular flexibility index (Phi) is 2.95. The third-order valence-electron chi connectivity index (χ3n) is 1.68. The van der Waals surface area contributed by atoms with Gasteiger partial charge in [-0.3, -0.25) is 9.59 Å². The number of carbonyl (C=O) groups is 1. The van der Waals surface area contributed by atoms with Crippen molar-refractivity contribution in [1.82, 2.24) is 4.98 Å². The number of nitrogens with one attached hydrogen (secondary N) is 1. The highest BCUT2D eigenvalue weighted by atomic mass is 19.3. The first-order valence-electron chi connectivity index (χ1n) is 3.64. The Hall–Kier alpha value is -1.72. The highest BCUT2D eigenvalue weighted by molar-refractivity contribution is 5.81. The van der Waals surface area contributed by atoms with Crippen LogP contribution in [0, 0.1) is 0 Å². The first kappa shape index (κ1) is 10.4. The van der Waals surface area contributed by atoms with Crippen molar-refractivity contribution >= 4 is 6.29 Å². The molecule has 0 aliphatic rings. The number of alkyl halides is 2. The molecule has 1 aromatic rings. The van der Waals surface area contributed by atoms with E-state index in [0.717, 1.165) is 13.3 Å². The number of halogens is 2. The number of methoxy groups -OCH3 is 1. The molecule has 0 saturated carbocycles. The lowest BCUT2D eigenvalue weighted by Gasteiger charge is -2.06. The Morgan fingerprint density at radius 1 is 1.57 bits per heavy atom. The zero-order valence-electron chi connectivity index (χ0n) is 7.21. The summed E-state index contributed by atoms with van der Waals surface area (Å²) in [6.07, 6.45) is -1.85. The van der Waals surface area contributed by atoms with Crippen LogP contribution in [0.4, 0.5) is 8.78 Å². The quantitative estimate of drug-likeness (QED) is 0.749. The van der Waals surface area contributed by atoms with Gasteiger partial charge < -0.3 is 9.72 Å². The Bertz CT molecular complexity index is 400. The normalized spacial score (nSPS) is 10.3. The molecule has 0 saturated heterocycles. The van der Waals surface area contributed by atoms with Gasteiger partial charge in [-0.15, -0.1) is 0 Å². The minimum absolute atomic E-state index is 0.176. The first-order valence-corrected chi connectivity index (χ1v) is 3.64. The number of aromatic amines is 1. The van der Waals surface area contributed by atoms with Gasteiger partial charge in [-0.1, -0.05) is 0 Å². The number of hydrogen-bond acceptors (Lipinski definition) is 3. The number of pyridine rings is 1. The number of carbonyl (C=O) groups excluding carboxylic acids is 1. The summed E-state index contributed by atoms with van der Waals surface area (Å²) in [5.74, 6) is -0.391. The van der Waals surface area contributed by atoms with Crippen LogP contribution < -0.4 is 10.3 Å². The number of H-pyrrole nitrogens is 1. The molecule has 0 aliphatic heterocycles. The van der Waals surface area contributed by atoms with Crippen LogP contribution in [0.25, 0.3) is 0 Å². The molecular weight excluding hydrogens is 196 g/mol. The van der Waals surface area contributed by atoms with E-state index < -0.39 is 28.9 Å². The predicted molar refractivity (Wildman–Crippen MR) is 44.0 cm³/mol. The maximum atomic E-state index is 12.3. The molecule has 0 unspecified atom stereocenters. The SMILES string of the molecule is COc1c(C=O)c(C(F)F)c[nH]c1=O. The van der Waals surface area contributed by atoms with E-state index in [1.807, 2.05) is 0 Å². The molecule has 1 aromatic heterocycles. The number of aldehydes is 1. The lowest BCUT2D eigenvalue weighted by molar-refractivity contribution is 0.110.